The maximum Gasteiger partial charge on any atom is 0.357 e. The lowest BCUT2D eigenvalue weighted by atomic mass is 9.96. The van der Waals surface area contributed by atoms with Crippen molar-refractivity contribution in [1.29, 1.82) is 0 Å². The van der Waals surface area contributed by atoms with E-state index in [2.05, 4.69) is 0 Å². The Hall–Kier alpha value is -4.69. The highest BCUT2D eigenvalue weighted by Crippen LogP contribution is 2.45. The molecule has 4 aromatic carbocycles. The summed E-state index contributed by atoms with van der Waals surface area (Å²) in [5, 5.41) is 2.26. The molecule has 5 rings (SSSR count). The van der Waals surface area contributed by atoms with E-state index >= 15 is 0 Å². The van der Waals surface area contributed by atoms with Crippen LogP contribution in [0.25, 0.3) is 21.9 Å². The van der Waals surface area contributed by atoms with E-state index in [0.717, 1.165) is 21.2 Å². The molecule has 8 heteroatoms. The molecular formula is C33H29NO6S. The third-order valence-electron chi connectivity index (χ3n) is 6.48. The molecule has 0 spiro atoms. The standard InChI is InChI=1S/C33H29NO6S/c1-36-27-17-22(18-28(37-2)31(27)38-3)29-25-16-15-23(40-20-21-11-7-5-8-12-21)19-26(25)32(34-30(29)33(35)39-4)41-24-13-9-6-10-14-24/h5-19H,20H2,1-4H3. The molecule has 0 saturated carbocycles. The number of aromatic nitrogens is 1. The smallest absolute Gasteiger partial charge is 0.357 e. The summed E-state index contributed by atoms with van der Waals surface area (Å²) < 4.78 is 28.1. The van der Waals surface area contributed by atoms with Gasteiger partial charge in [-0.15, -0.1) is 0 Å². The van der Waals surface area contributed by atoms with Crippen molar-refractivity contribution < 1.29 is 28.5 Å². The summed E-state index contributed by atoms with van der Waals surface area (Å²) >= 11 is 1.46. The zero-order valence-electron chi connectivity index (χ0n) is 23.2. The Kier molecular flexibility index (Phi) is 8.60. The van der Waals surface area contributed by atoms with Gasteiger partial charge in [-0.3, -0.25) is 0 Å². The minimum atomic E-state index is -0.560. The van der Waals surface area contributed by atoms with Crippen LogP contribution in [0.1, 0.15) is 16.1 Å². The summed E-state index contributed by atoms with van der Waals surface area (Å²) in [5.74, 6) is 1.48. The predicted octanol–water partition coefficient (Wildman–Crippen LogP) is 7.44. The van der Waals surface area contributed by atoms with Crippen LogP contribution in [0.4, 0.5) is 0 Å². The number of rotatable bonds is 10. The molecule has 0 radical (unpaired) electrons. The van der Waals surface area contributed by atoms with Crippen LogP contribution in [-0.2, 0) is 11.3 Å². The van der Waals surface area contributed by atoms with Crippen molar-refractivity contribution in [2.45, 2.75) is 16.5 Å². The number of methoxy groups -OCH3 is 4. The quantitative estimate of drug-likeness (QED) is 0.161. The van der Waals surface area contributed by atoms with Crippen molar-refractivity contribution in [3.63, 3.8) is 0 Å². The van der Waals surface area contributed by atoms with Gasteiger partial charge in [0.05, 0.1) is 28.4 Å². The molecule has 208 valence electrons. The highest BCUT2D eigenvalue weighted by atomic mass is 32.2. The largest absolute Gasteiger partial charge is 0.493 e. The van der Waals surface area contributed by atoms with Crippen molar-refractivity contribution in [2.75, 3.05) is 28.4 Å². The average molecular weight is 568 g/mol. The fraction of sp³-hybridized carbons (Fsp3) is 0.152. The Morgan fingerprint density at radius 2 is 1.41 bits per heavy atom. The van der Waals surface area contributed by atoms with E-state index in [-0.39, 0.29) is 5.69 Å². The molecule has 0 aliphatic rings. The number of nitrogens with zero attached hydrogens (tertiary/aromatic N) is 1. The van der Waals surface area contributed by atoms with Crippen molar-refractivity contribution in [3.05, 3.63) is 102 Å². The molecule has 0 saturated heterocycles. The van der Waals surface area contributed by atoms with Crippen molar-refractivity contribution in [2.24, 2.45) is 0 Å². The molecule has 0 amide bonds. The monoisotopic (exact) mass is 567 g/mol. The summed E-state index contributed by atoms with van der Waals surface area (Å²) in [5.41, 5.74) is 2.47. The first-order chi connectivity index (χ1) is 20.1. The van der Waals surface area contributed by atoms with Gasteiger partial charge in [0.2, 0.25) is 5.75 Å². The van der Waals surface area contributed by atoms with Crippen LogP contribution in [0.3, 0.4) is 0 Å². The normalized spacial score (nSPS) is 10.7. The van der Waals surface area contributed by atoms with Crippen molar-refractivity contribution >= 4 is 28.5 Å². The van der Waals surface area contributed by atoms with Gasteiger partial charge in [-0.2, -0.15) is 0 Å². The number of hydrogen-bond donors (Lipinski definition) is 0. The van der Waals surface area contributed by atoms with E-state index in [9.17, 15) is 4.79 Å². The van der Waals surface area contributed by atoms with Crippen LogP contribution < -0.4 is 18.9 Å². The molecule has 0 aliphatic carbocycles. The fourth-order valence-corrected chi connectivity index (χ4v) is 5.47. The second kappa shape index (κ2) is 12.7. The first-order valence-corrected chi connectivity index (χ1v) is 13.6. The Balaban J connectivity index is 1.74. The van der Waals surface area contributed by atoms with Crippen LogP contribution in [0.15, 0.2) is 101 Å². The second-order valence-electron chi connectivity index (χ2n) is 8.94. The lowest BCUT2D eigenvalue weighted by Gasteiger charge is -2.18. The minimum absolute atomic E-state index is 0.172. The van der Waals surface area contributed by atoms with Gasteiger partial charge in [0.15, 0.2) is 17.2 Å². The molecule has 0 N–H and O–H groups in total. The summed E-state index contributed by atoms with van der Waals surface area (Å²) in [6.07, 6.45) is 0. The average Bonchev–Trinajstić information content (AvgIpc) is 3.03. The molecule has 0 atom stereocenters. The number of carbonyl (C=O) groups excluding carboxylic acids is 1. The van der Waals surface area contributed by atoms with Gasteiger partial charge >= 0.3 is 5.97 Å². The van der Waals surface area contributed by atoms with Crippen LogP contribution in [0, 0.1) is 0 Å². The van der Waals surface area contributed by atoms with E-state index in [0.29, 0.717) is 45.8 Å². The van der Waals surface area contributed by atoms with Gasteiger partial charge in [-0.1, -0.05) is 60.3 Å². The van der Waals surface area contributed by atoms with E-state index in [1.165, 1.54) is 18.9 Å². The van der Waals surface area contributed by atoms with E-state index in [4.69, 9.17) is 28.7 Å². The zero-order valence-corrected chi connectivity index (χ0v) is 24.0. The third-order valence-corrected chi connectivity index (χ3v) is 7.49. The number of fused-ring (bicyclic) bond motifs is 1. The molecule has 1 aromatic heterocycles. The first kappa shape index (κ1) is 27.9. The van der Waals surface area contributed by atoms with Crippen molar-refractivity contribution in [3.8, 4) is 34.1 Å². The number of ether oxygens (including phenoxy) is 5. The van der Waals surface area contributed by atoms with E-state index in [1.807, 2.05) is 78.9 Å². The molecule has 0 unspecified atom stereocenters. The highest BCUT2D eigenvalue weighted by molar-refractivity contribution is 7.99. The number of pyridine rings is 1. The summed E-state index contributed by atoms with van der Waals surface area (Å²) in [6, 6.07) is 29.2. The van der Waals surface area contributed by atoms with Gasteiger partial charge in [-0.25, -0.2) is 9.78 Å². The Morgan fingerprint density at radius 3 is 2.02 bits per heavy atom. The van der Waals surface area contributed by atoms with Crippen LogP contribution >= 0.6 is 11.8 Å². The van der Waals surface area contributed by atoms with Gasteiger partial charge in [-0.05, 0) is 59.0 Å². The van der Waals surface area contributed by atoms with Gasteiger partial charge < -0.3 is 23.7 Å². The lowest BCUT2D eigenvalue weighted by Crippen LogP contribution is -2.09. The summed E-state index contributed by atoms with van der Waals surface area (Å²) in [7, 11) is 5.99. The molecular weight excluding hydrogens is 538 g/mol. The summed E-state index contributed by atoms with van der Waals surface area (Å²) in [4.78, 5) is 19.1. The first-order valence-electron chi connectivity index (χ1n) is 12.8. The maximum atomic E-state index is 13.2. The summed E-state index contributed by atoms with van der Waals surface area (Å²) in [6.45, 7) is 0.418. The van der Waals surface area contributed by atoms with Crippen LogP contribution in [0.5, 0.6) is 23.0 Å². The van der Waals surface area contributed by atoms with Crippen LogP contribution in [0.2, 0.25) is 0 Å². The molecule has 0 aliphatic heterocycles. The lowest BCUT2D eigenvalue weighted by molar-refractivity contribution is 0.0594. The van der Waals surface area contributed by atoms with E-state index in [1.54, 1.807) is 33.5 Å². The van der Waals surface area contributed by atoms with Crippen LogP contribution in [-0.4, -0.2) is 39.4 Å². The Labute approximate surface area is 243 Å². The number of hydrogen-bond acceptors (Lipinski definition) is 8. The molecule has 0 bridgehead atoms. The molecule has 41 heavy (non-hydrogen) atoms. The fourth-order valence-electron chi connectivity index (χ4n) is 4.53. The topological polar surface area (TPSA) is 76.1 Å². The third kappa shape index (κ3) is 5.93. The minimum Gasteiger partial charge on any atom is -0.493 e. The second-order valence-corrected chi connectivity index (χ2v) is 10.0. The Morgan fingerprint density at radius 1 is 0.756 bits per heavy atom. The number of esters is 1. The molecule has 7 nitrogen and oxygen atoms in total. The SMILES string of the molecule is COC(=O)c1nc(Sc2ccccc2)c2cc(OCc3ccccc3)ccc2c1-c1cc(OC)c(OC)c(OC)c1. The molecule has 5 aromatic rings. The maximum absolute atomic E-state index is 13.2. The van der Waals surface area contributed by atoms with Gasteiger partial charge in [0.25, 0.3) is 0 Å². The number of carbonyl (C=O) groups is 1. The predicted molar refractivity (Wildman–Crippen MR) is 160 cm³/mol. The van der Waals surface area contributed by atoms with Gasteiger partial charge in [0.1, 0.15) is 17.4 Å². The van der Waals surface area contributed by atoms with Gasteiger partial charge in [0, 0.05) is 15.8 Å². The highest BCUT2D eigenvalue weighted by Gasteiger charge is 2.25. The zero-order chi connectivity index (χ0) is 28.8. The van der Waals surface area contributed by atoms with E-state index < -0.39 is 5.97 Å². The van der Waals surface area contributed by atoms with Crippen molar-refractivity contribution in [1.82, 2.24) is 4.98 Å². The molecule has 0 fully saturated rings. The number of benzene rings is 4. The Bertz CT molecular complexity index is 1650. The molecule has 1 heterocycles.